The Morgan fingerprint density at radius 3 is 2.30 bits per heavy atom. The third kappa shape index (κ3) is 7.56. The van der Waals surface area contributed by atoms with E-state index in [0.29, 0.717) is 22.8 Å². The Hall–Kier alpha value is -2.94. The molecule has 15 heteroatoms. The smallest absolute Gasteiger partial charge is 0.412 e. The third-order valence-corrected chi connectivity index (χ3v) is 4.60. The van der Waals surface area contributed by atoms with Gasteiger partial charge in [-0.3, -0.25) is 10.2 Å². The summed E-state index contributed by atoms with van der Waals surface area (Å²) in [6.45, 7) is 3.24. The zero-order valence-electron chi connectivity index (χ0n) is 17.7. The summed E-state index contributed by atoms with van der Waals surface area (Å²) in [6, 6.07) is 10.2. The molecule has 0 bridgehead atoms. The van der Waals surface area contributed by atoms with Gasteiger partial charge in [-0.15, -0.1) is 0 Å². The zero-order valence-corrected chi connectivity index (χ0v) is 18.6. The monoisotopic (exact) mass is 486 g/mol. The van der Waals surface area contributed by atoms with Gasteiger partial charge in [-0.25, -0.2) is 24.3 Å². The van der Waals surface area contributed by atoms with E-state index in [1.165, 1.54) is 4.90 Å². The first-order valence-corrected chi connectivity index (χ1v) is 10.9. The Morgan fingerprint density at radius 1 is 1.06 bits per heavy atom. The molecule has 1 aromatic carbocycles. The molecular formula is C18H27N6O8P. The Morgan fingerprint density at radius 2 is 1.67 bits per heavy atom. The average Bonchev–Trinajstić information content (AvgIpc) is 2.82. The van der Waals surface area contributed by atoms with Crippen LogP contribution in [0.15, 0.2) is 42.6 Å². The Labute approximate surface area is 189 Å². The second-order valence-corrected chi connectivity index (χ2v) is 7.93. The van der Waals surface area contributed by atoms with Crippen LogP contribution >= 0.6 is 7.82 Å². The zero-order chi connectivity index (χ0) is 22.6. The van der Waals surface area contributed by atoms with E-state index in [-0.39, 0.29) is 22.9 Å². The predicted molar refractivity (Wildman–Crippen MR) is 120 cm³/mol. The molecule has 14 nitrogen and oxygen atoms in total. The van der Waals surface area contributed by atoms with Crippen molar-refractivity contribution in [1.82, 2.24) is 20.3 Å². The maximum absolute atomic E-state index is 13.1. The predicted octanol–water partition coefficient (Wildman–Crippen LogP) is -0.921. The molecule has 0 saturated carbocycles. The first kappa shape index (κ1) is 28.1. The Kier molecular flexibility index (Phi) is 10.0. The topological polar surface area (TPSA) is 222 Å². The van der Waals surface area contributed by atoms with Crippen molar-refractivity contribution in [3.8, 4) is 0 Å². The SMILES string of the molecule is CN1CCN(NC(=O)N2c3ccccc3C(=O)Nc3cccnc32)CC1.O.O.O=P(O)(O)O. The Balaban J connectivity index is 0.000000707. The fraction of sp³-hybridized carbons (Fsp3) is 0.278. The number of urea groups is 1. The maximum Gasteiger partial charge on any atom is 0.466 e. The fourth-order valence-electron chi connectivity index (χ4n) is 3.15. The number of nitrogens with zero attached hydrogens (tertiary/aromatic N) is 4. The van der Waals surface area contributed by atoms with Gasteiger partial charge >= 0.3 is 13.9 Å². The standard InChI is InChI=1S/C18H20N6O2.H3O4P.2H2O/c1-22-9-11-23(12-10-22)21-18(26)24-15-7-3-2-5-13(15)17(25)20-14-6-4-8-19-16(14)24;1-5(2,3)4;;/h2-8H,9-12H2,1H3,(H,20,25)(H,21,26);(H3,1,2,3,4);2*1H2. The van der Waals surface area contributed by atoms with Gasteiger partial charge in [0, 0.05) is 32.4 Å². The number of phosphoric acid groups is 1. The Bertz CT molecular complexity index is 1000. The third-order valence-electron chi connectivity index (χ3n) is 4.60. The first-order valence-electron chi connectivity index (χ1n) is 9.31. The molecule has 2 aromatic rings. The summed E-state index contributed by atoms with van der Waals surface area (Å²) in [5, 5.41) is 4.73. The van der Waals surface area contributed by atoms with Crippen molar-refractivity contribution < 1.29 is 39.8 Å². The van der Waals surface area contributed by atoms with Crippen LogP contribution in [0.25, 0.3) is 0 Å². The van der Waals surface area contributed by atoms with Crippen LogP contribution in [0.1, 0.15) is 10.4 Å². The minimum Gasteiger partial charge on any atom is -0.412 e. The summed E-state index contributed by atoms with van der Waals surface area (Å²) in [7, 11) is -2.58. The van der Waals surface area contributed by atoms with E-state index in [2.05, 4.69) is 27.7 Å². The van der Waals surface area contributed by atoms with Gasteiger partial charge in [0.25, 0.3) is 5.91 Å². The highest BCUT2D eigenvalue weighted by Crippen LogP contribution is 2.36. The maximum atomic E-state index is 13.1. The summed E-state index contributed by atoms with van der Waals surface area (Å²) < 4.78 is 8.88. The second kappa shape index (κ2) is 11.8. The van der Waals surface area contributed by atoms with E-state index in [9.17, 15) is 9.59 Å². The number of pyridine rings is 1. The molecule has 0 atom stereocenters. The van der Waals surface area contributed by atoms with Crippen molar-refractivity contribution in [3.63, 3.8) is 0 Å². The number of hydrogen-bond donors (Lipinski definition) is 5. The van der Waals surface area contributed by atoms with Crippen LogP contribution in [-0.4, -0.2) is 85.7 Å². The van der Waals surface area contributed by atoms with Gasteiger partial charge in [0.1, 0.15) is 0 Å². The molecule has 0 aliphatic carbocycles. The number of likely N-dealkylation sites (N-methyl/N-ethyl adjacent to an activating group) is 1. The number of hydrazine groups is 1. The molecule has 2 aliphatic rings. The summed E-state index contributed by atoms with van der Waals surface area (Å²) in [6.07, 6.45) is 1.61. The number of benzene rings is 1. The molecule has 182 valence electrons. The fourth-order valence-corrected chi connectivity index (χ4v) is 3.15. The lowest BCUT2D eigenvalue weighted by Crippen LogP contribution is -2.55. The van der Waals surface area contributed by atoms with Crippen molar-refractivity contribution in [2.24, 2.45) is 0 Å². The van der Waals surface area contributed by atoms with Crippen molar-refractivity contribution in [2.75, 3.05) is 43.4 Å². The number of piperazine rings is 1. The van der Waals surface area contributed by atoms with E-state index < -0.39 is 7.82 Å². The summed E-state index contributed by atoms with van der Waals surface area (Å²) >= 11 is 0. The van der Waals surface area contributed by atoms with Gasteiger partial charge in [0.05, 0.1) is 16.9 Å². The lowest BCUT2D eigenvalue weighted by molar-refractivity contribution is 0.102. The quantitative estimate of drug-likeness (QED) is 0.314. The van der Waals surface area contributed by atoms with Crippen LogP contribution in [0.2, 0.25) is 0 Å². The largest absolute Gasteiger partial charge is 0.466 e. The van der Waals surface area contributed by atoms with Gasteiger partial charge in [0.2, 0.25) is 0 Å². The van der Waals surface area contributed by atoms with Crippen molar-refractivity contribution in [2.45, 2.75) is 0 Å². The molecular weight excluding hydrogens is 459 g/mol. The van der Waals surface area contributed by atoms with Crippen LogP contribution in [0, 0.1) is 0 Å². The molecule has 9 N–H and O–H groups in total. The molecule has 1 aromatic heterocycles. The number of carbonyl (C=O) groups excluding carboxylic acids is 2. The molecule has 3 heterocycles. The normalized spacial score (nSPS) is 15.8. The van der Waals surface area contributed by atoms with Crippen molar-refractivity contribution in [3.05, 3.63) is 48.2 Å². The number of carbonyl (C=O) groups is 2. The number of rotatable bonds is 1. The lowest BCUT2D eigenvalue weighted by atomic mass is 10.1. The summed E-state index contributed by atoms with van der Waals surface area (Å²) in [5.74, 6) is 0.141. The number of nitrogens with one attached hydrogen (secondary N) is 2. The van der Waals surface area contributed by atoms with Crippen molar-refractivity contribution >= 4 is 37.0 Å². The molecule has 0 spiro atoms. The number of anilines is 3. The molecule has 1 saturated heterocycles. The van der Waals surface area contributed by atoms with Crippen LogP contribution in [-0.2, 0) is 4.57 Å². The molecule has 3 amide bonds. The van der Waals surface area contributed by atoms with Crippen molar-refractivity contribution in [1.29, 1.82) is 0 Å². The molecule has 33 heavy (non-hydrogen) atoms. The highest BCUT2D eigenvalue weighted by atomic mass is 31.2. The summed E-state index contributed by atoms with van der Waals surface area (Å²) in [5.41, 5.74) is 4.39. The van der Waals surface area contributed by atoms with Crippen LogP contribution in [0.3, 0.4) is 0 Å². The minimum absolute atomic E-state index is 0. The number of fused-ring (bicyclic) bond motifs is 2. The molecule has 4 rings (SSSR count). The van der Waals surface area contributed by atoms with Crippen LogP contribution in [0.4, 0.5) is 22.0 Å². The highest BCUT2D eigenvalue weighted by Gasteiger charge is 2.31. The molecule has 2 aliphatic heterocycles. The van der Waals surface area contributed by atoms with E-state index in [1.807, 2.05) is 5.01 Å². The average molecular weight is 486 g/mol. The van der Waals surface area contributed by atoms with Gasteiger partial charge < -0.3 is 35.8 Å². The molecule has 1 fully saturated rings. The minimum atomic E-state index is -4.64. The molecule has 0 radical (unpaired) electrons. The highest BCUT2D eigenvalue weighted by molar-refractivity contribution is 7.45. The number of aromatic nitrogens is 1. The van der Waals surface area contributed by atoms with Crippen LogP contribution in [0.5, 0.6) is 0 Å². The number of para-hydroxylation sites is 1. The number of hydrogen-bond acceptors (Lipinski definition) is 6. The number of amides is 3. The van der Waals surface area contributed by atoms with Gasteiger partial charge in [-0.1, -0.05) is 12.1 Å². The second-order valence-electron chi connectivity index (χ2n) is 6.90. The van der Waals surface area contributed by atoms with E-state index in [0.717, 1.165) is 26.2 Å². The van der Waals surface area contributed by atoms with Gasteiger partial charge in [0.15, 0.2) is 5.82 Å². The van der Waals surface area contributed by atoms with Gasteiger partial charge in [-0.05, 0) is 31.3 Å². The first-order chi connectivity index (χ1) is 14.6. The lowest BCUT2D eigenvalue weighted by Gasteiger charge is -2.34. The molecule has 0 unspecified atom stereocenters. The van der Waals surface area contributed by atoms with E-state index in [1.54, 1.807) is 42.6 Å². The summed E-state index contributed by atoms with van der Waals surface area (Å²) in [4.78, 5) is 55.2. The van der Waals surface area contributed by atoms with Crippen LogP contribution < -0.4 is 15.6 Å². The van der Waals surface area contributed by atoms with Gasteiger partial charge in [-0.2, -0.15) is 0 Å². The van der Waals surface area contributed by atoms with E-state index >= 15 is 0 Å². The van der Waals surface area contributed by atoms with E-state index in [4.69, 9.17) is 19.2 Å².